The molecular formula is C35H52N4O2. The van der Waals surface area contributed by atoms with Gasteiger partial charge in [-0.15, -0.1) is 0 Å². The first-order chi connectivity index (χ1) is 19.8. The van der Waals surface area contributed by atoms with Crippen LogP contribution in [0.5, 0.6) is 0 Å². The van der Waals surface area contributed by atoms with Crippen molar-refractivity contribution in [3.05, 3.63) is 71.8 Å². The van der Waals surface area contributed by atoms with Gasteiger partial charge in [0.1, 0.15) is 24.3 Å². The summed E-state index contributed by atoms with van der Waals surface area (Å²) in [6, 6.07) is 3.12. The van der Waals surface area contributed by atoms with E-state index < -0.39 is 5.92 Å². The molecule has 0 aromatic heterocycles. The van der Waals surface area contributed by atoms with Gasteiger partial charge in [-0.25, -0.2) is 4.99 Å². The van der Waals surface area contributed by atoms with Crippen LogP contribution >= 0.6 is 0 Å². The summed E-state index contributed by atoms with van der Waals surface area (Å²) in [5.74, 6) is 0.493. The molecule has 1 fully saturated rings. The molecular weight excluding hydrogens is 508 g/mol. The van der Waals surface area contributed by atoms with Gasteiger partial charge in [-0.3, -0.25) is 0 Å². The molecule has 5 unspecified atom stereocenters. The van der Waals surface area contributed by atoms with Gasteiger partial charge >= 0.3 is 0 Å². The lowest BCUT2D eigenvalue weighted by molar-refractivity contribution is -0.112. The van der Waals surface area contributed by atoms with Crippen LogP contribution in [-0.2, 0) is 9.59 Å². The Morgan fingerprint density at radius 1 is 1.10 bits per heavy atom. The van der Waals surface area contributed by atoms with E-state index >= 15 is 0 Å². The molecule has 2 aliphatic carbocycles. The van der Waals surface area contributed by atoms with Crippen molar-refractivity contribution in [3.8, 4) is 6.07 Å². The van der Waals surface area contributed by atoms with Crippen molar-refractivity contribution < 1.29 is 9.59 Å². The van der Waals surface area contributed by atoms with Crippen LogP contribution in [0, 0.1) is 29.1 Å². The van der Waals surface area contributed by atoms with E-state index in [9.17, 15) is 10.1 Å². The lowest BCUT2D eigenvalue weighted by Crippen LogP contribution is -2.44. The predicted octanol–water partition coefficient (Wildman–Crippen LogP) is 7.94. The number of amidine groups is 1. The zero-order valence-corrected chi connectivity index (χ0v) is 26.6. The third-order valence-electron chi connectivity index (χ3n) is 7.68. The number of rotatable bonds is 4. The molecule has 0 amide bonds. The molecule has 4 aliphatic rings. The monoisotopic (exact) mass is 560 g/mol. The van der Waals surface area contributed by atoms with Crippen LogP contribution in [0.1, 0.15) is 87.0 Å². The molecule has 0 spiro atoms. The van der Waals surface area contributed by atoms with Crippen molar-refractivity contribution in [2.75, 3.05) is 7.05 Å². The van der Waals surface area contributed by atoms with E-state index in [0.717, 1.165) is 79.5 Å². The topological polar surface area (TPSA) is 76.8 Å². The Hall–Kier alpha value is -3.46. The number of likely N-dealkylation sites (N-methyl/N-ethyl adjacent to an activating group) is 1. The average molecular weight is 561 g/mol. The standard InChI is InChI=1S/C29H36N4O.C2H4O.2C2H6/c1-20-8-5-6-10-24(16-20)27(18-30)29-31-22(3)26-13-12-21(2)32(4)28(26)14-15-33(29)25-11-7-9-23(17-25)19-34;1-2-3;2*1-2/h5-6,8,10,14-16,19-21,23,25,27H,3,7,9,11-13,17H2,1-2,4H3;2H,1H3;2*1-2H3/b15-14-,31-29?;;;. The predicted molar refractivity (Wildman–Crippen MR) is 172 cm³/mol. The third kappa shape index (κ3) is 9.56. The van der Waals surface area contributed by atoms with E-state index in [0.29, 0.717) is 6.04 Å². The molecule has 0 bridgehead atoms. The summed E-state index contributed by atoms with van der Waals surface area (Å²) >= 11 is 0. The van der Waals surface area contributed by atoms with Gasteiger partial charge in [0.15, 0.2) is 0 Å². The highest BCUT2D eigenvalue weighted by molar-refractivity contribution is 5.92. The summed E-state index contributed by atoms with van der Waals surface area (Å²) < 4.78 is 0. The van der Waals surface area contributed by atoms with Gasteiger partial charge in [-0.05, 0) is 63.5 Å². The Kier molecular flexibility index (Phi) is 16.3. The minimum absolute atomic E-state index is 0.0518. The zero-order chi connectivity index (χ0) is 30.9. The molecule has 1 saturated carbocycles. The van der Waals surface area contributed by atoms with E-state index in [1.165, 1.54) is 6.92 Å². The molecule has 0 aromatic carbocycles. The number of hydrogen-bond donors (Lipinski definition) is 0. The van der Waals surface area contributed by atoms with E-state index in [1.807, 2.05) is 45.9 Å². The van der Waals surface area contributed by atoms with Gasteiger partial charge in [-0.2, -0.15) is 5.26 Å². The van der Waals surface area contributed by atoms with E-state index in [2.05, 4.69) is 67.8 Å². The van der Waals surface area contributed by atoms with Crippen LogP contribution < -0.4 is 0 Å². The van der Waals surface area contributed by atoms with Crippen LogP contribution in [0.4, 0.5) is 0 Å². The van der Waals surface area contributed by atoms with Crippen molar-refractivity contribution in [1.82, 2.24) is 9.80 Å². The summed E-state index contributed by atoms with van der Waals surface area (Å²) in [6.07, 6.45) is 22.1. The lowest BCUT2D eigenvalue weighted by atomic mass is 9.84. The van der Waals surface area contributed by atoms with Crippen LogP contribution in [0.2, 0.25) is 0 Å². The maximum absolute atomic E-state index is 11.7. The maximum Gasteiger partial charge on any atom is 0.131 e. The molecule has 6 nitrogen and oxygen atoms in total. The second-order valence-corrected chi connectivity index (χ2v) is 10.3. The number of carbonyl (C=O) groups excluding carboxylic acids is 2. The van der Waals surface area contributed by atoms with E-state index in [4.69, 9.17) is 9.79 Å². The summed E-state index contributed by atoms with van der Waals surface area (Å²) in [5, 5.41) is 10.4. The summed E-state index contributed by atoms with van der Waals surface area (Å²) in [4.78, 5) is 30.0. The molecule has 0 radical (unpaired) electrons. The molecule has 6 heteroatoms. The average Bonchev–Trinajstić information content (AvgIpc) is 3.21. The molecule has 5 atom stereocenters. The van der Waals surface area contributed by atoms with Crippen molar-refractivity contribution in [2.24, 2.45) is 22.7 Å². The van der Waals surface area contributed by atoms with E-state index in [1.54, 1.807) is 0 Å². The second-order valence-electron chi connectivity index (χ2n) is 10.3. The van der Waals surface area contributed by atoms with Gasteiger partial charge < -0.3 is 19.4 Å². The highest BCUT2D eigenvalue weighted by atomic mass is 16.1. The molecule has 0 N–H and O–H groups in total. The molecule has 0 aromatic rings. The largest absolute Gasteiger partial charge is 0.372 e. The number of aliphatic imine (C=N–C) groups is 1. The highest BCUT2D eigenvalue weighted by Crippen LogP contribution is 2.36. The Morgan fingerprint density at radius 3 is 2.41 bits per heavy atom. The van der Waals surface area contributed by atoms with Gasteiger partial charge in [0.25, 0.3) is 0 Å². The Balaban J connectivity index is 0.00000110. The Labute approximate surface area is 249 Å². The SMILES string of the molecule is C=C1N=C(C(C#N)C2=CC(C)C=CC=C2)N(C2CCCC(C=O)C2)/C=C\C2=C1CCC(C)N2C.CC.CC.CC=O. The van der Waals surface area contributed by atoms with Gasteiger partial charge in [0, 0.05) is 42.5 Å². The van der Waals surface area contributed by atoms with Crippen molar-refractivity contribution in [3.63, 3.8) is 0 Å². The van der Waals surface area contributed by atoms with Gasteiger partial charge in [0.05, 0.1) is 11.8 Å². The lowest BCUT2D eigenvalue weighted by Gasteiger charge is -2.40. The number of carbonyl (C=O) groups is 2. The molecule has 2 heterocycles. The number of nitriles is 1. The summed E-state index contributed by atoms with van der Waals surface area (Å²) in [7, 11) is 2.13. The minimum atomic E-state index is -0.515. The first kappa shape index (κ1) is 35.6. The van der Waals surface area contributed by atoms with E-state index in [-0.39, 0.29) is 17.9 Å². The maximum atomic E-state index is 11.7. The second kappa shape index (κ2) is 18.8. The summed E-state index contributed by atoms with van der Waals surface area (Å²) in [5.41, 5.74) is 4.00. The smallest absolute Gasteiger partial charge is 0.131 e. The van der Waals surface area contributed by atoms with Crippen molar-refractivity contribution >= 4 is 18.4 Å². The number of hydrogen-bond acceptors (Lipinski definition) is 6. The molecule has 41 heavy (non-hydrogen) atoms. The first-order valence-electron chi connectivity index (χ1n) is 15.4. The normalized spacial score (nSPS) is 26.7. The fourth-order valence-electron chi connectivity index (χ4n) is 5.52. The Bertz CT molecular complexity index is 1100. The first-order valence-corrected chi connectivity index (χ1v) is 15.4. The number of aldehydes is 2. The van der Waals surface area contributed by atoms with Crippen LogP contribution in [0.3, 0.4) is 0 Å². The summed E-state index contributed by atoms with van der Waals surface area (Å²) in [6.45, 7) is 18.2. The number of allylic oxidation sites excluding steroid dienone is 7. The quantitative estimate of drug-likeness (QED) is 0.326. The van der Waals surface area contributed by atoms with Gasteiger partial charge in [-0.1, -0.05) is 78.0 Å². The highest BCUT2D eigenvalue weighted by Gasteiger charge is 2.34. The van der Waals surface area contributed by atoms with Crippen molar-refractivity contribution in [2.45, 2.75) is 99.1 Å². The third-order valence-corrected chi connectivity index (χ3v) is 7.68. The van der Waals surface area contributed by atoms with Crippen LogP contribution in [0.25, 0.3) is 0 Å². The number of nitrogens with zero attached hydrogens (tertiary/aromatic N) is 4. The Morgan fingerprint density at radius 2 is 1.78 bits per heavy atom. The molecule has 2 aliphatic heterocycles. The van der Waals surface area contributed by atoms with Gasteiger partial charge in [0.2, 0.25) is 0 Å². The van der Waals surface area contributed by atoms with Crippen LogP contribution in [0.15, 0.2) is 76.8 Å². The van der Waals surface area contributed by atoms with Crippen molar-refractivity contribution in [1.29, 1.82) is 5.26 Å². The zero-order valence-electron chi connectivity index (χ0n) is 26.6. The van der Waals surface area contributed by atoms with Crippen LogP contribution in [-0.4, -0.2) is 47.3 Å². The molecule has 0 saturated heterocycles. The molecule has 4 rings (SSSR count). The fraction of sp³-hybridized carbons (Fsp3) is 0.543. The fourth-order valence-corrected chi connectivity index (χ4v) is 5.52. The molecule has 224 valence electrons. The minimum Gasteiger partial charge on any atom is -0.372 e.